The summed E-state index contributed by atoms with van der Waals surface area (Å²) < 4.78 is 74.8. The van der Waals surface area contributed by atoms with Gasteiger partial charge in [0.05, 0.1) is 12.0 Å². The van der Waals surface area contributed by atoms with Gasteiger partial charge >= 0.3 is 12.4 Å². The van der Waals surface area contributed by atoms with Crippen molar-refractivity contribution in [1.82, 2.24) is 0 Å². The van der Waals surface area contributed by atoms with Gasteiger partial charge in [0.25, 0.3) is 0 Å². The molecule has 0 N–H and O–H groups in total. The summed E-state index contributed by atoms with van der Waals surface area (Å²) in [4.78, 5) is 1.15. The van der Waals surface area contributed by atoms with Crippen LogP contribution >= 0.6 is 15.9 Å². The molecule has 0 saturated carbocycles. The van der Waals surface area contributed by atoms with Crippen LogP contribution in [0.2, 0.25) is 0 Å². The van der Waals surface area contributed by atoms with Crippen LogP contribution in [0.4, 0.5) is 32.0 Å². The minimum atomic E-state index is -4.54. The third-order valence-electron chi connectivity index (χ3n) is 2.71. The van der Waals surface area contributed by atoms with Gasteiger partial charge in [-0.25, -0.2) is 0 Å². The van der Waals surface area contributed by atoms with Gasteiger partial charge in [0, 0.05) is 24.6 Å². The van der Waals surface area contributed by atoms with Gasteiger partial charge in [0.15, 0.2) is 0 Å². The van der Waals surface area contributed by atoms with Crippen molar-refractivity contribution < 1.29 is 26.3 Å². The highest BCUT2D eigenvalue weighted by Gasteiger charge is 2.34. The van der Waals surface area contributed by atoms with Crippen LogP contribution in [0.25, 0.3) is 0 Å². The Morgan fingerprint density at radius 1 is 1.10 bits per heavy atom. The minimum Gasteiger partial charge on any atom is -0.374 e. The van der Waals surface area contributed by atoms with Crippen molar-refractivity contribution >= 4 is 21.6 Å². The Balaban J connectivity index is 2.97. The summed E-state index contributed by atoms with van der Waals surface area (Å²) >= 11 is 2.96. The van der Waals surface area contributed by atoms with Crippen LogP contribution < -0.4 is 4.90 Å². The standard InChI is InChI=1S/C12H12BrF6N/c1-20(5-4-11(14,15)16)9-3-2-8(7-13)10(6-9)12(17,18)19/h2-3,6H,4-5,7H2,1H3. The van der Waals surface area contributed by atoms with Crippen LogP contribution in [0.5, 0.6) is 0 Å². The number of hydrogen-bond donors (Lipinski definition) is 0. The van der Waals surface area contributed by atoms with Crippen LogP contribution in [0, 0.1) is 0 Å². The molecule has 0 atom stereocenters. The Kier molecular flexibility index (Phi) is 5.34. The van der Waals surface area contributed by atoms with E-state index < -0.39 is 30.9 Å². The average Bonchev–Trinajstić information content (AvgIpc) is 2.33. The number of rotatable bonds is 4. The second-order valence-corrected chi connectivity index (χ2v) is 4.82. The second-order valence-electron chi connectivity index (χ2n) is 4.26. The van der Waals surface area contributed by atoms with E-state index in [0.717, 1.165) is 11.0 Å². The van der Waals surface area contributed by atoms with Crippen LogP contribution in [0.3, 0.4) is 0 Å². The lowest BCUT2D eigenvalue weighted by molar-refractivity contribution is -0.138. The summed E-state index contributed by atoms with van der Waals surface area (Å²) in [5.74, 6) is 0. The number of halogens is 7. The maximum absolute atomic E-state index is 12.8. The molecule has 0 aromatic heterocycles. The number of benzene rings is 1. The molecule has 1 aromatic carbocycles. The summed E-state index contributed by atoms with van der Waals surface area (Å²) in [6.07, 6.45) is -9.95. The molecule has 0 aliphatic heterocycles. The van der Waals surface area contributed by atoms with Gasteiger partial charge in [-0.15, -0.1) is 0 Å². The Hall–Kier alpha value is -0.920. The van der Waals surface area contributed by atoms with Gasteiger partial charge < -0.3 is 4.90 Å². The molecule has 0 heterocycles. The lowest BCUT2D eigenvalue weighted by Crippen LogP contribution is -2.24. The van der Waals surface area contributed by atoms with E-state index in [9.17, 15) is 26.3 Å². The second kappa shape index (κ2) is 6.24. The number of anilines is 1. The molecule has 0 unspecified atom stereocenters. The van der Waals surface area contributed by atoms with E-state index in [1.165, 1.54) is 19.2 Å². The SMILES string of the molecule is CN(CCC(F)(F)F)c1ccc(CBr)c(C(F)(F)F)c1. The zero-order valence-electron chi connectivity index (χ0n) is 10.4. The monoisotopic (exact) mass is 363 g/mol. The van der Waals surface area contributed by atoms with Crippen molar-refractivity contribution in [2.45, 2.75) is 24.1 Å². The zero-order chi connectivity index (χ0) is 15.6. The van der Waals surface area contributed by atoms with E-state index in [0.29, 0.717) is 0 Å². The molecule has 0 aliphatic rings. The quantitative estimate of drug-likeness (QED) is 0.538. The molecule has 0 amide bonds. The van der Waals surface area contributed by atoms with Gasteiger partial charge in [-0.05, 0) is 17.7 Å². The van der Waals surface area contributed by atoms with E-state index in [2.05, 4.69) is 15.9 Å². The van der Waals surface area contributed by atoms with Gasteiger partial charge in [-0.1, -0.05) is 22.0 Å². The molecular formula is C12H12BrF6N. The molecular weight excluding hydrogens is 352 g/mol. The van der Waals surface area contributed by atoms with Crippen LogP contribution in [-0.4, -0.2) is 19.8 Å². The predicted octanol–water partition coefficient (Wildman–Crippen LogP) is 4.99. The molecule has 0 fully saturated rings. The van der Waals surface area contributed by atoms with Gasteiger partial charge in [0.1, 0.15) is 0 Å². The molecule has 0 spiro atoms. The maximum atomic E-state index is 12.8. The Bertz CT molecular complexity index is 454. The number of alkyl halides is 7. The maximum Gasteiger partial charge on any atom is 0.416 e. The first-order chi connectivity index (χ1) is 9.04. The van der Waals surface area contributed by atoms with Crippen LogP contribution in [0.1, 0.15) is 17.5 Å². The topological polar surface area (TPSA) is 3.24 Å². The lowest BCUT2D eigenvalue weighted by Gasteiger charge is -2.22. The van der Waals surface area contributed by atoms with E-state index in [4.69, 9.17) is 0 Å². The molecule has 1 rings (SSSR count). The predicted molar refractivity (Wildman–Crippen MR) is 68.0 cm³/mol. The first-order valence-corrected chi connectivity index (χ1v) is 6.70. The average molecular weight is 364 g/mol. The Labute approximate surface area is 120 Å². The molecule has 1 nitrogen and oxygen atoms in total. The summed E-state index contributed by atoms with van der Waals surface area (Å²) in [6, 6.07) is 3.51. The molecule has 8 heteroatoms. The summed E-state index contributed by atoms with van der Waals surface area (Å²) in [5, 5.41) is 0.0222. The van der Waals surface area contributed by atoms with E-state index in [1.807, 2.05) is 0 Å². The molecule has 0 radical (unpaired) electrons. The lowest BCUT2D eigenvalue weighted by atomic mass is 10.1. The first-order valence-electron chi connectivity index (χ1n) is 5.58. The summed E-state index contributed by atoms with van der Waals surface area (Å²) in [6.45, 7) is -0.394. The molecule has 0 aliphatic carbocycles. The smallest absolute Gasteiger partial charge is 0.374 e. The Morgan fingerprint density at radius 3 is 2.15 bits per heavy atom. The fourth-order valence-electron chi connectivity index (χ4n) is 1.61. The van der Waals surface area contributed by atoms with Gasteiger partial charge in [-0.3, -0.25) is 0 Å². The van der Waals surface area contributed by atoms with E-state index >= 15 is 0 Å². The summed E-state index contributed by atoms with van der Waals surface area (Å²) in [7, 11) is 1.33. The van der Waals surface area contributed by atoms with Gasteiger partial charge in [0.2, 0.25) is 0 Å². The van der Waals surface area contributed by atoms with Crippen LogP contribution in [-0.2, 0) is 11.5 Å². The fraction of sp³-hybridized carbons (Fsp3) is 0.500. The van der Waals surface area contributed by atoms with Crippen molar-refractivity contribution in [3.8, 4) is 0 Å². The van der Waals surface area contributed by atoms with Crippen molar-refractivity contribution in [1.29, 1.82) is 0 Å². The van der Waals surface area contributed by atoms with Crippen molar-refractivity contribution in [3.05, 3.63) is 29.3 Å². The normalized spacial score (nSPS) is 12.6. The minimum absolute atomic E-state index is 0.0222. The number of hydrogen-bond acceptors (Lipinski definition) is 1. The molecule has 20 heavy (non-hydrogen) atoms. The molecule has 114 valence electrons. The highest BCUT2D eigenvalue weighted by Crippen LogP contribution is 2.35. The number of nitrogens with zero attached hydrogens (tertiary/aromatic N) is 1. The first kappa shape index (κ1) is 17.1. The fourth-order valence-corrected chi connectivity index (χ4v) is 2.09. The van der Waals surface area contributed by atoms with E-state index in [1.54, 1.807) is 0 Å². The molecule has 0 saturated heterocycles. The molecule has 0 bridgehead atoms. The largest absolute Gasteiger partial charge is 0.416 e. The highest BCUT2D eigenvalue weighted by molar-refractivity contribution is 9.08. The van der Waals surface area contributed by atoms with Gasteiger partial charge in [-0.2, -0.15) is 26.3 Å². The van der Waals surface area contributed by atoms with Crippen LogP contribution in [0.15, 0.2) is 18.2 Å². The molecule has 1 aromatic rings. The third kappa shape index (κ3) is 4.88. The van der Waals surface area contributed by atoms with Crippen molar-refractivity contribution in [2.75, 3.05) is 18.5 Å². The van der Waals surface area contributed by atoms with Crippen molar-refractivity contribution in [2.24, 2.45) is 0 Å². The zero-order valence-corrected chi connectivity index (χ0v) is 12.0. The van der Waals surface area contributed by atoms with E-state index in [-0.39, 0.29) is 16.6 Å². The van der Waals surface area contributed by atoms with Crippen molar-refractivity contribution in [3.63, 3.8) is 0 Å². The third-order valence-corrected chi connectivity index (χ3v) is 3.32. The summed E-state index contributed by atoms with van der Waals surface area (Å²) in [5.41, 5.74) is -0.692. The Morgan fingerprint density at radius 2 is 1.70 bits per heavy atom. The highest BCUT2D eigenvalue weighted by atomic mass is 79.9.